The maximum Gasteiger partial charge on any atom is 0.166 e. The van der Waals surface area contributed by atoms with Crippen molar-refractivity contribution in [3.05, 3.63) is 59.2 Å². The highest BCUT2D eigenvalue weighted by Crippen LogP contribution is 2.30. The van der Waals surface area contributed by atoms with Gasteiger partial charge in [0.2, 0.25) is 0 Å². The Bertz CT molecular complexity index is 623. The van der Waals surface area contributed by atoms with E-state index in [4.69, 9.17) is 0 Å². The molecule has 0 aliphatic heterocycles. The third-order valence-electron chi connectivity index (χ3n) is 2.44. The van der Waals surface area contributed by atoms with Crippen molar-refractivity contribution in [1.82, 2.24) is 0 Å². The van der Waals surface area contributed by atoms with Crippen LogP contribution in [0.5, 0.6) is 0 Å². The van der Waals surface area contributed by atoms with Gasteiger partial charge in [-0.3, -0.25) is 4.79 Å². The van der Waals surface area contributed by atoms with Crippen LogP contribution >= 0.6 is 0 Å². The molecule has 2 aromatic rings. The Morgan fingerprint density at radius 3 is 2.33 bits per heavy atom. The summed E-state index contributed by atoms with van der Waals surface area (Å²) in [7, 11) is 0. The lowest BCUT2D eigenvalue weighted by Crippen LogP contribution is -1.98. The Balaban J connectivity index is 2.80. The molecular weight excluding hydrogens is 248 g/mol. The molecule has 1 nitrogen and oxygen atoms in total. The average Bonchev–Trinajstić information content (AvgIpc) is 2.33. The molecule has 2 aromatic carbocycles. The van der Waals surface area contributed by atoms with E-state index < -0.39 is 34.4 Å². The Morgan fingerprint density at radius 1 is 0.944 bits per heavy atom. The van der Waals surface area contributed by atoms with Crippen LogP contribution < -0.4 is 0 Å². The Hall–Kier alpha value is -2.17. The second kappa shape index (κ2) is 4.60. The molecule has 0 heterocycles. The van der Waals surface area contributed by atoms with E-state index in [1.807, 2.05) is 0 Å². The number of halogens is 4. The molecule has 0 radical (unpaired) electrons. The number of hydrogen-bond donors (Lipinski definition) is 0. The number of rotatable bonds is 2. The molecule has 0 amide bonds. The van der Waals surface area contributed by atoms with E-state index >= 15 is 0 Å². The minimum atomic E-state index is -1.44. The smallest absolute Gasteiger partial charge is 0.166 e. The van der Waals surface area contributed by atoms with E-state index in [2.05, 4.69) is 0 Å². The van der Waals surface area contributed by atoms with Gasteiger partial charge in [-0.05, 0) is 12.1 Å². The molecule has 0 fully saturated rings. The van der Waals surface area contributed by atoms with Gasteiger partial charge in [-0.2, -0.15) is 0 Å². The Morgan fingerprint density at radius 2 is 1.67 bits per heavy atom. The molecule has 0 spiro atoms. The average molecular weight is 254 g/mol. The highest BCUT2D eigenvalue weighted by Gasteiger charge is 2.18. The minimum Gasteiger partial charge on any atom is -0.298 e. The first-order chi connectivity index (χ1) is 8.54. The van der Waals surface area contributed by atoms with Crippen molar-refractivity contribution >= 4 is 6.29 Å². The van der Waals surface area contributed by atoms with Crippen molar-refractivity contribution in [3.63, 3.8) is 0 Å². The molecule has 18 heavy (non-hydrogen) atoms. The van der Waals surface area contributed by atoms with Crippen molar-refractivity contribution in [3.8, 4) is 11.1 Å². The molecule has 5 heteroatoms. The van der Waals surface area contributed by atoms with Crippen LogP contribution in [0.2, 0.25) is 0 Å². The SMILES string of the molecule is O=Cc1cccc(F)c1-c1cc(F)cc(F)c1F. The summed E-state index contributed by atoms with van der Waals surface area (Å²) in [4.78, 5) is 10.8. The van der Waals surface area contributed by atoms with Gasteiger partial charge in [-0.25, -0.2) is 17.6 Å². The summed E-state index contributed by atoms with van der Waals surface area (Å²) in [5.74, 6) is -4.82. The summed E-state index contributed by atoms with van der Waals surface area (Å²) in [6, 6.07) is 4.44. The van der Waals surface area contributed by atoms with Crippen LogP contribution in [0.25, 0.3) is 11.1 Å². The van der Waals surface area contributed by atoms with E-state index in [-0.39, 0.29) is 5.56 Å². The quantitative estimate of drug-likeness (QED) is 0.453. The van der Waals surface area contributed by atoms with Gasteiger partial charge in [0.25, 0.3) is 0 Å². The number of carbonyl (C=O) groups is 1. The van der Waals surface area contributed by atoms with E-state index in [1.54, 1.807) is 0 Å². The largest absolute Gasteiger partial charge is 0.298 e. The summed E-state index contributed by atoms with van der Waals surface area (Å²) < 4.78 is 53.2. The van der Waals surface area contributed by atoms with Crippen LogP contribution in [-0.2, 0) is 0 Å². The van der Waals surface area contributed by atoms with E-state index in [9.17, 15) is 22.4 Å². The van der Waals surface area contributed by atoms with Crippen LogP contribution in [0.15, 0.2) is 30.3 Å². The van der Waals surface area contributed by atoms with Crippen molar-refractivity contribution in [2.45, 2.75) is 0 Å². The lowest BCUT2D eigenvalue weighted by molar-refractivity contribution is 0.112. The zero-order valence-corrected chi connectivity index (χ0v) is 8.88. The Labute approximate surface area is 99.7 Å². The normalized spacial score (nSPS) is 10.4. The van der Waals surface area contributed by atoms with Gasteiger partial charge in [-0.1, -0.05) is 12.1 Å². The second-order valence-corrected chi connectivity index (χ2v) is 3.57. The molecule has 0 bridgehead atoms. The standard InChI is InChI=1S/C13H6F4O/c14-8-4-9(13(17)11(16)5-8)12-7(6-18)2-1-3-10(12)15/h1-6H. The zero-order valence-electron chi connectivity index (χ0n) is 8.88. The number of hydrogen-bond acceptors (Lipinski definition) is 1. The summed E-state index contributed by atoms with van der Waals surface area (Å²) in [6.07, 6.45) is 0.292. The van der Waals surface area contributed by atoms with Crippen LogP contribution in [-0.4, -0.2) is 6.29 Å². The molecule has 0 aromatic heterocycles. The number of carbonyl (C=O) groups excluding carboxylic acids is 1. The number of aldehydes is 1. The predicted molar refractivity (Wildman–Crippen MR) is 57.1 cm³/mol. The first-order valence-corrected chi connectivity index (χ1v) is 4.93. The molecule has 0 unspecified atom stereocenters. The zero-order chi connectivity index (χ0) is 13.3. The second-order valence-electron chi connectivity index (χ2n) is 3.57. The topological polar surface area (TPSA) is 17.1 Å². The molecule has 0 atom stereocenters. The van der Waals surface area contributed by atoms with Crippen LogP contribution in [0.1, 0.15) is 10.4 Å². The molecular formula is C13H6F4O. The molecule has 0 saturated heterocycles. The third kappa shape index (κ3) is 1.99. The summed E-state index contributed by atoms with van der Waals surface area (Å²) >= 11 is 0. The van der Waals surface area contributed by atoms with Crippen LogP contribution in [0.4, 0.5) is 17.6 Å². The molecule has 0 aliphatic rings. The molecule has 0 aliphatic carbocycles. The monoisotopic (exact) mass is 254 g/mol. The van der Waals surface area contributed by atoms with Crippen LogP contribution in [0.3, 0.4) is 0 Å². The predicted octanol–water partition coefficient (Wildman–Crippen LogP) is 3.72. The van der Waals surface area contributed by atoms with Gasteiger partial charge in [0, 0.05) is 22.8 Å². The first-order valence-electron chi connectivity index (χ1n) is 4.93. The minimum absolute atomic E-state index is 0.182. The summed E-state index contributed by atoms with van der Waals surface area (Å²) in [5.41, 5.74) is -1.25. The lowest BCUT2D eigenvalue weighted by atomic mass is 9.99. The van der Waals surface area contributed by atoms with E-state index in [1.165, 1.54) is 12.1 Å². The van der Waals surface area contributed by atoms with Gasteiger partial charge >= 0.3 is 0 Å². The van der Waals surface area contributed by atoms with Gasteiger partial charge in [-0.15, -0.1) is 0 Å². The van der Waals surface area contributed by atoms with Gasteiger partial charge in [0.15, 0.2) is 17.9 Å². The fourth-order valence-corrected chi connectivity index (χ4v) is 1.66. The van der Waals surface area contributed by atoms with Gasteiger partial charge in [0.1, 0.15) is 11.6 Å². The maximum atomic E-state index is 13.6. The number of benzene rings is 2. The van der Waals surface area contributed by atoms with Crippen molar-refractivity contribution < 1.29 is 22.4 Å². The summed E-state index contributed by atoms with van der Waals surface area (Å²) in [6.45, 7) is 0. The fraction of sp³-hybridized carbons (Fsp3) is 0. The van der Waals surface area contributed by atoms with Crippen molar-refractivity contribution in [2.24, 2.45) is 0 Å². The third-order valence-corrected chi connectivity index (χ3v) is 2.44. The fourth-order valence-electron chi connectivity index (χ4n) is 1.66. The van der Waals surface area contributed by atoms with Crippen molar-refractivity contribution in [2.75, 3.05) is 0 Å². The molecule has 0 saturated carbocycles. The van der Waals surface area contributed by atoms with E-state index in [0.29, 0.717) is 18.4 Å². The molecule has 2 rings (SSSR count). The molecule has 0 N–H and O–H groups in total. The maximum absolute atomic E-state index is 13.6. The van der Waals surface area contributed by atoms with Gasteiger partial charge in [0.05, 0.1) is 0 Å². The summed E-state index contributed by atoms with van der Waals surface area (Å²) in [5, 5.41) is 0. The van der Waals surface area contributed by atoms with Crippen LogP contribution in [0, 0.1) is 23.3 Å². The first kappa shape index (κ1) is 12.3. The lowest BCUT2D eigenvalue weighted by Gasteiger charge is -2.08. The van der Waals surface area contributed by atoms with Crippen molar-refractivity contribution in [1.29, 1.82) is 0 Å². The Kier molecular flexibility index (Phi) is 3.14. The highest BCUT2D eigenvalue weighted by atomic mass is 19.2. The van der Waals surface area contributed by atoms with Gasteiger partial charge < -0.3 is 0 Å². The molecule has 92 valence electrons. The highest BCUT2D eigenvalue weighted by molar-refractivity contribution is 5.88. The van der Waals surface area contributed by atoms with E-state index in [0.717, 1.165) is 6.07 Å².